The predicted octanol–water partition coefficient (Wildman–Crippen LogP) is 1.67. The molecule has 0 radical (unpaired) electrons. The minimum atomic E-state index is -0.928. The molecule has 0 bridgehead atoms. The molecule has 0 aromatic carbocycles. The maximum absolute atomic E-state index is 10.5. The summed E-state index contributed by atoms with van der Waals surface area (Å²) in [4.78, 5) is 4.56. The number of hydrogen-bond acceptors (Lipinski definition) is 5. The maximum atomic E-state index is 10.5. The van der Waals surface area contributed by atoms with Crippen molar-refractivity contribution in [1.82, 2.24) is 4.98 Å². The lowest BCUT2D eigenvalue weighted by atomic mass is 9.98. The van der Waals surface area contributed by atoms with E-state index in [-0.39, 0.29) is 0 Å². The number of methoxy groups -OCH3 is 1. The van der Waals surface area contributed by atoms with Crippen LogP contribution in [0.1, 0.15) is 31.4 Å². The lowest BCUT2D eigenvalue weighted by Crippen LogP contribution is -2.27. The van der Waals surface area contributed by atoms with Crippen LogP contribution in [0, 0.1) is 0 Å². The molecule has 2 fully saturated rings. The number of ether oxygens (including phenoxy) is 2. The fourth-order valence-corrected chi connectivity index (χ4v) is 3.02. The van der Waals surface area contributed by atoms with E-state index in [1.807, 2.05) is 18.2 Å². The van der Waals surface area contributed by atoms with E-state index < -0.39 is 5.60 Å². The van der Waals surface area contributed by atoms with Crippen molar-refractivity contribution in [2.75, 3.05) is 25.6 Å². The van der Waals surface area contributed by atoms with Gasteiger partial charge in [0.2, 0.25) is 0 Å². The van der Waals surface area contributed by atoms with Crippen molar-refractivity contribution in [3.8, 4) is 0 Å². The van der Waals surface area contributed by atoms with Crippen molar-refractivity contribution in [1.29, 1.82) is 0 Å². The molecule has 0 amide bonds. The Hall–Kier alpha value is -1.17. The topological polar surface area (TPSA) is 63.6 Å². The third-order valence-electron chi connectivity index (χ3n) is 4.30. The first-order valence-corrected chi connectivity index (χ1v) is 7.26. The van der Waals surface area contributed by atoms with E-state index in [0.717, 1.165) is 25.1 Å². The fourth-order valence-electron chi connectivity index (χ4n) is 3.02. The van der Waals surface area contributed by atoms with E-state index in [9.17, 15) is 5.11 Å². The number of aliphatic hydroxyl groups is 1. The molecule has 1 saturated heterocycles. The fraction of sp³-hybridized carbons (Fsp3) is 0.667. The van der Waals surface area contributed by atoms with Gasteiger partial charge in [-0.25, -0.2) is 4.98 Å². The van der Waals surface area contributed by atoms with E-state index in [0.29, 0.717) is 37.5 Å². The largest absolute Gasteiger partial charge is 0.381 e. The molecule has 0 spiro atoms. The SMILES string of the molecule is CO[C@@H]1CC[C@H](Nc2cccc(C3(O)CCOC3)n2)C1. The second-order valence-corrected chi connectivity index (χ2v) is 5.75. The van der Waals surface area contributed by atoms with Crippen LogP contribution in [0.3, 0.4) is 0 Å². The van der Waals surface area contributed by atoms with Gasteiger partial charge in [-0.1, -0.05) is 6.07 Å². The summed E-state index contributed by atoms with van der Waals surface area (Å²) in [5.74, 6) is 0.824. The monoisotopic (exact) mass is 278 g/mol. The molecule has 1 unspecified atom stereocenters. The summed E-state index contributed by atoms with van der Waals surface area (Å²) >= 11 is 0. The summed E-state index contributed by atoms with van der Waals surface area (Å²) in [6, 6.07) is 6.15. The first-order chi connectivity index (χ1) is 9.69. The van der Waals surface area contributed by atoms with Crippen LogP contribution in [0.5, 0.6) is 0 Å². The van der Waals surface area contributed by atoms with Gasteiger partial charge in [-0.2, -0.15) is 0 Å². The van der Waals surface area contributed by atoms with E-state index in [1.54, 1.807) is 7.11 Å². The Labute approximate surface area is 119 Å². The van der Waals surface area contributed by atoms with Crippen LogP contribution in [-0.2, 0) is 15.1 Å². The smallest absolute Gasteiger partial charge is 0.132 e. The molecular formula is C15H22N2O3. The summed E-state index contributed by atoms with van der Waals surface area (Å²) in [5, 5.41) is 13.9. The third-order valence-corrected chi connectivity index (χ3v) is 4.30. The van der Waals surface area contributed by atoms with Crippen LogP contribution in [0.25, 0.3) is 0 Å². The molecule has 1 aromatic heterocycles. The van der Waals surface area contributed by atoms with Crippen LogP contribution in [0.4, 0.5) is 5.82 Å². The van der Waals surface area contributed by atoms with Crippen molar-refractivity contribution >= 4 is 5.82 Å². The quantitative estimate of drug-likeness (QED) is 0.877. The van der Waals surface area contributed by atoms with Gasteiger partial charge in [0.05, 0.1) is 18.4 Å². The van der Waals surface area contributed by atoms with Crippen molar-refractivity contribution in [3.05, 3.63) is 23.9 Å². The van der Waals surface area contributed by atoms with Gasteiger partial charge in [-0.15, -0.1) is 0 Å². The summed E-state index contributed by atoms with van der Waals surface area (Å²) in [5.41, 5.74) is -0.233. The van der Waals surface area contributed by atoms with Crippen molar-refractivity contribution < 1.29 is 14.6 Å². The van der Waals surface area contributed by atoms with Gasteiger partial charge >= 0.3 is 0 Å². The Bertz CT molecular complexity index is 460. The number of nitrogens with one attached hydrogen (secondary N) is 1. The molecule has 1 saturated carbocycles. The van der Waals surface area contributed by atoms with E-state index in [2.05, 4.69) is 10.3 Å². The molecular weight excluding hydrogens is 256 g/mol. The lowest BCUT2D eigenvalue weighted by Gasteiger charge is -2.21. The Morgan fingerprint density at radius 2 is 2.35 bits per heavy atom. The molecule has 1 aliphatic heterocycles. The summed E-state index contributed by atoms with van der Waals surface area (Å²) in [7, 11) is 1.77. The summed E-state index contributed by atoms with van der Waals surface area (Å²) in [6.07, 6.45) is 4.15. The standard InChI is InChI=1S/C15H22N2O3/c1-19-12-6-5-11(9-12)16-14-4-2-3-13(17-14)15(18)7-8-20-10-15/h2-4,11-12,18H,5-10H2,1H3,(H,16,17)/t11-,12+,15?/m0/s1. The Morgan fingerprint density at radius 1 is 1.45 bits per heavy atom. The highest BCUT2D eigenvalue weighted by Crippen LogP contribution is 2.30. The van der Waals surface area contributed by atoms with Crippen molar-refractivity contribution in [3.63, 3.8) is 0 Å². The van der Waals surface area contributed by atoms with Gasteiger partial charge in [0.1, 0.15) is 11.4 Å². The van der Waals surface area contributed by atoms with Crippen LogP contribution < -0.4 is 5.32 Å². The number of pyridine rings is 1. The van der Waals surface area contributed by atoms with E-state index in [4.69, 9.17) is 9.47 Å². The van der Waals surface area contributed by atoms with Gasteiger partial charge in [0.15, 0.2) is 0 Å². The Kier molecular flexibility index (Phi) is 3.92. The molecule has 2 N–H and O–H groups in total. The van der Waals surface area contributed by atoms with Crippen LogP contribution in [-0.4, -0.2) is 42.6 Å². The maximum Gasteiger partial charge on any atom is 0.132 e. The highest BCUT2D eigenvalue weighted by molar-refractivity contribution is 5.38. The number of hydrogen-bond donors (Lipinski definition) is 2. The molecule has 2 aliphatic rings. The minimum absolute atomic E-state index is 0.332. The number of nitrogens with zero attached hydrogens (tertiary/aromatic N) is 1. The molecule has 2 heterocycles. The molecule has 1 aliphatic carbocycles. The van der Waals surface area contributed by atoms with Gasteiger partial charge in [0.25, 0.3) is 0 Å². The second-order valence-electron chi connectivity index (χ2n) is 5.75. The molecule has 110 valence electrons. The zero-order valence-electron chi connectivity index (χ0n) is 11.8. The van der Waals surface area contributed by atoms with Gasteiger partial charge < -0.3 is 19.9 Å². The molecule has 5 nitrogen and oxygen atoms in total. The molecule has 5 heteroatoms. The number of rotatable bonds is 4. The number of aromatic nitrogens is 1. The van der Waals surface area contributed by atoms with Gasteiger partial charge in [-0.3, -0.25) is 0 Å². The van der Waals surface area contributed by atoms with Gasteiger partial charge in [-0.05, 0) is 31.4 Å². The third kappa shape index (κ3) is 2.80. The lowest BCUT2D eigenvalue weighted by molar-refractivity contribution is 0.0195. The van der Waals surface area contributed by atoms with Crippen LogP contribution in [0.15, 0.2) is 18.2 Å². The summed E-state index contributed by atoms with van der Waals surface area (Å²) in [6.45, 7) is 0.923. The van der Waals surface area contributed by atoms with E-state index in [1.165, 1.54) is 0 Å². The van der Waals surface area contributed by atoms with Gasteiger partial charge in [0, 0.05) is 26.2 Å². The number of anilines is 1. The Morgan fingerprint density at radius 3 is 3.05 bits per heavy atom. The molecule has 1 aromatic rings. The normalized spacial score (nSPS) is 33.5. The molecule has 3 atom stereocenters. The van der Waals surface area contributed by atoms with E-state index >= 15 is 0 Å². The average molecular weight is 278 g/mol. The Balaban J connectivity index is 1.69. The van der Waals surface area contributed by atoms with Crippen LogP contribution in [0.2, 0.25) is 0 Å². The predicted molar refractivity (Wildman–Crippen MR) is 75.6 cm³/mol. The highest BCUT2D eigenvalue weighted by atomic mass is 16.5. The van der Waals surface area contributed by atoms with Crippen molar-refractivity contribution in [2.24, 2.45) is 0 Å². The highest BCUT2D eigenvalue weighted by Gasteiger charge is 2.35. The summed E-state index contributed by atoms with van der Waals surface area (Å²) < 4.78 is 10.7. The molecule has 3 rings (SSSR count). The zero-order chi connectivity index (χ0) is 14.0. The first kappa shape index (κ1) is 13.8. The second kappa shape index (κ2) is 5.68. The zero-order valence-corrected chi connectivity index (χ0v) is 11.8. The molecule has 20 heavy (non-hydrogen) atoms. The van der Waals surface area contributed by atoms with Crippen LogP contribution >= 0.6 is 0 Å². The first-order valence-electron chi connectivity index (χ1n) is 7.26. The average Bonchev–Trinajstić information content (AvgIpc) is 3.09. The van der Waals surface area contributed by atoms with Crippen molar-refractivity contribution in [2.45, 2.75) is 43.4 Å². The minimum Gasteiger partial charge on any atom is -0.381 e.